The van der Waals surface area contributed by atoms with Crippen molar-refractivity contribution in [1.82, 2.24) is 5.73 Å². The van der Waals surface area contributed by atoms with Gasteiger partial charge in [-0.3, -0.25) is 4.84 Å². The van der Waals surface area contributed by atoms with Gasteiger partial charge >= 0.3 is 6.09 Å². The molecule has 0 rings (SSSR count). The Morgan fingerprint density at radius 3 is 2.50 bits per heavy atom. The first-order valence-electron chi connectivity index (χ1n) is 1.16. The number of carbonyl (C=O) groups excluding carboxylic acids is 1. The van der Waals surface area contributed by atoms with Gasteiger partial charge in [-0.25, -0.2) is 10.5 Å². The highest BCUT2D eigenvalue weighted by molar-refractivity contribution is 5.63. The highest BCUT2D eigenvalue weighted by Crippen LogP contribution is 1.68. The van der Waals surface area contributed by atoms with Crippen molar-refractivity contribution in [3.63, 3.8) is 0 Å². The molecule has 1 N–H and O–H groups in total. The highest BCUT2D eigenvalue weighted by atomic mass is 16.7. The molecule has 0 unspecified atom stereocenters. The molecule has 0 aromatic heterocycles. The van der Waals surface area contributed by atoms with Gasteiger partial charge in [0.25, 0.3) is 0 Å². The molecule has 4 nitrogen and oxygen atoms in total. The zero-order chi connectivity index (χ0) is 4.99. The van der Waals surface area contributed by atoms with Gasteiger partial charge < -0.3 is 0 Å². The van der Waals surface area contributed by atoms with Gasteiger partial charge in [0.1, 0.15) is 0 Å². The van der Waals surface area contributed by atoms with Crippen molar-refractivity contribution in [3.05, 3.63) is 0 Å². The second kappa shape index (κ2) is 2.19. The van der Waals surface area contributed by atoms with E-state index in [1.165, 1.54) is 0 Å². The normalized spacial score (nSPS) is 6.67. The summed E-state index contributed by atoms with van der Waals surface area (Å²) in [6.07, 6.45) is -1.19. The number of hydrogen-bond acceptors (Lipinski definition) is 3. The second-order valence-electron chi connectivity index (χ2n) is 0.508. The summed E-state index contributed by atoms with van der Waals surface area (Å²) in [5, 5.41) is 2.65. The number of nitrogens with one attached hydrogen (secondary N) is 1. The van der Waals surface area contributed by atoms with Gasteiger partial charge in [0.2, 0.25) is 0 Å². The van der Waals surface area contributed by atoms with Crippen molar-refractivity contribution in [3.8, 4) is 0 Å². The third-order valence-corrected chi connectivity index (χ3v) is 0.147. The lowest BCUT2D eigenvalue weighted by Crippen LogP contribution is -1.93. The number of carbonyl (C=O) groups is 1. The van der Waals surface area contributed by atoms with Gasteiger partial charge in [0.15, 0.2) is 0 Å². The molecule has 0 atom stereocenters. The van der Waals surface area contributed by atoms with E-state index in [4.69, 9.17) is 5.73 Å². The minimum atomic E-state index is -1.19. The molecule has 0 heterocycles. The van der Waals surface area contributed by atoms with Crippen molar-refractivity contribution in [1.29, 1.82) is 0 Å². The third kappa shape index (κ3) is 2.94. The summed E-state index contributed by atoms with van der Waals surface area (Å²) in [5.41, 5.74) is 5.98. The Kier molecular flexibility index (Phi) is 1.81. The molecule has 0 fully saturated rings. The Morgan fingerprint density at radius 2 is 2.50 bits per heavy atom. The van der Waals surface area contributed by atoms with E-state index in [1.807, 2.05) is 0 Å². The molecule has 0 saturated heterocycles. The van der Waals surface area contributed by atoms with Crippen LogP contribution in [0.1, 0.15) is 0 Å². The van der Waals surface area contributed by atoms with Crippen molar-refractivity contribution < 1.29 is 9.63 Å². The molecule has 33 valence electrons. The van der Waals surface area contributed by atoms with E-state index in [2.05, 4.69) is 16.7 Å². The Balaban J connectivity index is 3.05. The van der Waals surface area contributed by atoms with Gasteiger partial charge in [0.05, 0.1) is 0 Å². The topological polar surface area (TPSA) is 62.5 Å². The van der Waals surface area contributed by atoms with E-state index >= 15 is 0 Å². The highest BCUT2D eigenvalue weighted by Gasteiger charge is 1.84. The van der Waals surface area contributed by atoms with E-state index in [9.17, 15) is 4.79 Å². The zero-order valence-corrected chi connectivity index (χ0v) is 2.97. The average molecular weight is 87.1 g/mol. The predicted molar refractivity (Wildman–Crippen MR) is 19.1 cm³/mol. The number of oxime groups is 1. The van der Waals surface area contributed by atoms with Crippen LogP contribution in [0.4, 0.5) is 4.79 Å². The molecule has 0 aromatic carbocycles. The summed E-state index contributed by atoms with van der Waals surface area (Å²) >= 11 is 0. The molecule has 1 radical (unpaired) electrons. The van der Waals surface area contributed by atoms with Crippen LogP contribution >= 0.6 is 0 Å². The molecule has 0 aliphatic heterocycles. The van der Waals surface area contributed by atoms with Crippen LogP contribution in [-0.4, -0.2) is 12.8 Å². The second-order valence-corrected chi connectivity index (χ2v) is 0.508. The van der Waals surface area contributed by atoms with Crippen molar-refractivity contribution >= 4 is 12.8 Å². The van der Waals surface area contributed by atoms with Crippen LogP contribution < -0.4 is 5.73 Å². The van der Waals surface area contributed by atoms with Gasteiger partial charge in [-0.05, 0) is 0 Å². The minimum Gasteiger partial charge on any atom is -0.297 e. The van der Waals surface area contributed by atoms with Gasteiger partial charge in [-0.1, -0.05) is 5.16 Å². The van der Waals surface area contributed by atoms with E-state index in [-0.39, 0.29) is 0 Å². The maximum atomic E-state index is 9.35. The molecular formula is C2H3N2O2. The summed E-state index contributed by atoms with van der Waals surface area (Å²) in [7, 11) is 0. The SMILES string of the molecule is C=NOC([NH])=O. The maximum Gasteiger partial charge on any atom is 0.452 e. The zero-order valence-electron chi connectivity index (χ0n) is 2.97. The molecule has 0 aromatic rings. The number of nitrogens with zero attached hydrogens (tertiary/aromatic N) is 1. The average Bonchev–Trinajstić information content (AvgIpc) is 1.35. The molecular weight excluding hydrogens is 84.0 g/mol. The summed E-state index contributed by atoms with van der Waals surface area (Å²) in [6.45, 7) is 2.79. The maximum absolute atomic E-state index is 9.35. The fourth-order valence-electron chi connectivity index (χ4n) is 0.0586. The third-order valence-electron chi connectivity index (χ3n) is 0.147. The standard InChI is InChI=1S/C2H3N2O2/c1-4-6-2(3)5/h3H,1H2. The molecule has 0 bridgehead atoms. The fourth-order valence-corrected chi connectivity index (χ4v) is 0.0586. The van der Waals surface area contributed by atoms with Gasteiger partial charge in [-0.15, -0.1) is 0 Å². The molecule has 6 heavy (non-hydrogen) atoms. The van der Waals surface area contributed by atoms with E-state index < -0.39 is 6.09 Å². The molecule has 1 amide bonds. The lowest BCUT2D eigenvalue weighted by Gasteiger charge is -1.78. The Labute approximate surface area is 34.6 Å². The Bertz CT molecular complexity index is 69.9. The van der Waals surface area contributed by atoms with Crippen LogP contribution in [0.15, 0.2) is 5.16 Å². The quantitative estimate of drug-likeness (QED) is 0.257. The first-order valence-corrected chi connectivity index (χ1v) is 1.16. The molecule has 4 heteroatoms. The van der Waals surface area contributed by atoms with Crippen LogP contribution in [0.5, 0.6) is 0 Å². The number of amides is 1. The van der Waals surface area contributed by atoms with E-state index in [0.29, 0.717) is 0 Å². The van der Waals surface area contributed by atoms with Crippen molar-refractivity contribution in [2.45, 2.75) is 0 Å². The summed E-state index contributed by atoms with van der Waals surface area (Å²) in [6, 6.07) is 0. The minimum absolute atomic E-state index is 1.19. The van der Waals surface area contributed by atoms with E-state index in [1.54, 1.807) is 0 Å². The summed E-state index contributed by atoms with van der Waals surface area (Å²) < 4.78 is 0. The number of hydrogen-bond donors (Lipinski definition) is 0. The monoisotopic (exact) mass is 87.0 g/mol. The molecule has 0 saturated carbocycles. The van der Waals surface area contributed by atoms with Crippen molar-refractivity contribution in [2.24, 2.45) is 5.16 Å². The van der Waals surface area contributed by atoms with Crippen molar-refractivity contribution in [2.75, 3.05) is 0 Å². The van der Waals surface area contributed by atoms with Crippen LogP contribution in [-0.2, 0) is 4.84 Å². The predicted octanol–water partition coefficient (Wildman–Crippen LogP) is 0.0215. The fraction of sp³-hybridized carbons (Fsp3) is 0. The first kappa shape index (κ1) is 4.94. The molecule has 0 spiro atoms. The van der Waals surface area contributed by atoms with Crippen LogP contribution in [0, 0.1) is 0 Å². The smallest absolute Gasteiger partial charge is 0.297 e. The molecule has 0 aliphatic rings. The van der Waals surface area contributed by atoms with Gasteiger partial charge in [0, 0.05) is 6.72 Å². The van der Waals surface area contributed by atoms with Crippen LogP contribution in [0.3, 0.4) is 0 Å². The number of rotatable bonds is 1. The van der Waals surface area contributed by atoms with E-state index in [0.717, 1.165) is 0 Å². The largest absolute Gasteiger partial charge is 0.452 e. The lowest BCUT2D eigenvalue weighted by atomic mass is 11.3. The summed E-state index contributed by atoms with van der Waals surface area (Å²) in [4.78, 5) is 12.9. The molecule has 0 aliphatic carbocycles. The Hall–Kier alpha value is -1.06. The Morgan fingerprint density at radius 1 is 2.00 bits per heavy atom. The lowest BCUT2D eigenvalue weighted by molar-refractivity contribution is 0.161. The summed E-state index contributed by atoms with van der Waals surface area (Å²) in [5.74, 6) is 0. The van der Waals surface area contributed by atoms with Gasteiger partial charge in [-0.2, -0.15) is 0 Å². The van der Waals surface area contributed by atoms with Crippen LogP contribution in [0.25, 0.3) is 0 Å². The first-order chi connectivity index (χ1) is 2.77. The van der Waals surface area contributed by atoms with Crippen LogP contribution in [0.2, 0.25) is 0 Å².